The van der Waals surface area contributed by atoms with Gasteiger partial charge in [-0.3, -0.25) is 9.59 Å². The minimum atomic E-state index is 0.0897. The van der Waals surface area contributed by atoms with Gasteiger partial charge in [0, 0.05) is 44.8 Å². The molecule has 20 heavy (non-hydrogen) atoms. The minimum Gasteiger partial charge on any atom is -0.340 e. The lowest BCUT2D eigenvalue weighted by Gasteiger charge is -2.16. The van der Waals surface area contributed by atoms with Crippen LogP contribution >= 0.6 is 11.8 Å². The van der Waals surface area contributed by atoms with Gasteiger partial charge in [-0.1, -0.05) is 42.1 Å². The van der Waals surface area contributed by atoms with Crippen LogP contribution in [-0.4, -0.2) is 40.8 Å². The van der Waals surface area contributed by atoms with Crippen LogP contribution in [0.3, 0.4) is 0 Å². The number of hydrogen-bond donors (Lipinski definition) is 1. The molecule has 1 aromatic carbocycles. The molecular formula is C15H20N2O2S. The Morgan fingerprint density at radius 1 is 1.40 bits per heavy atom. The van der Waals surface area contributed by atoms with Gasteiger partial charge in [0.15, 0.2) is 5.12 Å². The number of nitrogens with one attached hydrogen (secondary N) is 1. The van der Waals surface area contributed by atoms with E-state index in [0.29, 0.717) is 19.5 Å². The SMILES string of the molecule is CC(=O)SC1CC(=O)N(CCNCc2ccccc2)C1. The van der Waals surface area contributed by atoms with Gasteiger partial charge in [0.2, 0.25) is 5.91 Å². The van der Waals surface area contributed by atoms with E-state index >= 15 is 0 Å². The number of likely N-dealkylation sites (tertiary alicyclic amines) is 1. The predicted molar refractivity (Wildman–Crippen MR) is 81.4 cm³/mol. The number of nitrogens with zero attached hydrogens (tertiary/aromatic N) is 1. The van der Waals surface area contributed by atoms with Crippen molar-refractivity contribution in [2.24, 2.45) is 0 Å². The average Bonchev–Trinajstić information content (AvgIpc) is 2.75. The molecule has 108 valence electrons. The lowest BCUT2D eigenvalue weighted by Crippen LogP contribution is -2.33. The Labute approximate surface area is 123 Å². The second-order valence-corrected chi connectivity index (χ2v) is 6.41. The molecule has 1 heterocycles. The second-order valence-electron chi connectivity index (χ2n) is 4.94. The molecule has 1 N–H and O–H groups in total. The first-order chi connectivity index (χ1) is 9.65. The molecular weight excluding hydrogens is 272 g/mol. The van der Waals surface area contributed by atoms with Crippen LogP contribution < -0.4 is 5.32 Å². The Morgan fingerprint density at radius 2 is 2.15 bits per heavy atom. The van der Waals surface area contributed by atoms with Gasteiger partial charge < -0.3 is 10.2 Å². The van der Waals surface area contributed by atoms with Gasteiger partial charge in [-0.05, 0) is 5.56 Å². The lowest BCUT2D eigenvalue weighted by atomic mass is 10.2. The van der Waals surface area contributed by atoms with Crippen molar-refractivity contribution < 1.29 is 9.59 Å². The fraction of sp³-hybridized carbons (Fsp3) is 0.467. The molecule has 4 nitrogen and oxygen atoms in total. The third-order valence-electron chi connectivity index (χ3n) is 3.24. The normalized spacial score (nSPS) is 18.6. The number of rotatable bonds is 6. The van der Waals surface area contributed by atoms with Crippen molar-refractivity contribution >= 4 is 22.8 Å². The Kier molecular flexibility index (Phi) is 5.61. The van der Waals surface area contributed by atoms with Gasteiger partial charge >= 0.3 is 0 Å². The van der Waals surface area contributed by atoms with Crippen LogP contribution in [0.2, 0.25) is 0 Å². The molecule has 2 rings (SSSR count). The van der Waals surface area contributed by atoms with E-state index in [0.717, 1.165) is 13.1 Å². The molecule has 0 bridgehead atoms. The highest BCUT2D eigenvalue weighted by atomic mass is 32.2. The summed E-state index contributed by atoms with van der Waals surface area (Å²) in [5.74, 6) is 0.158. The number of carbonyl (C=O) groups is 2. The average molecular weight is 292 g/mol. The fourth-order valence-corrected chi connectivity index (χ4v) is 3.26. The number of carbonyl (C=O) groups excluding carboxylic acids is 2. The topological polar surface area (TPSA) is 49.4 Å². The van der Waals surface area contributed by atoms with Gasteiger partial charge in [-0.2, -0.15) is 0 Å². The van der Waals surface area contributed by atoms with Gasteiger partial charge in [-0.25, -0.2) is 0 Å². The third-order valence-corrected chi connectivity index (χ3v) is 4.22. The highest BCUT2D eigenvalue weighted by Gasteiger charge is 2.30. The molecule has 0 spiro atoms. The van der Waals surface area contributed by atoms with E-state index in [1.54, 1.807) is 6.92 Å². The first kappa shape index (κ1) is 15.1. The van der Waals surface area contributed by atoms with Crippen LogP contribution in [-0.2, 0) is 16.1 Å². The zero-order valence-corrected chi connectivity index (χ0v) is 12.5. The maximum atomic E-state index is 11.8. The van der Waals surface area contributed by atoms with Gasteiger partial charge in [-0.15, -0.1) is 0 Å². The molecule has 0 saturated carbocycles. The minimum absolute atomic E-state index is 0.0897. The number of thioether (sulfide) groups is 1. The molecule has 1 aliphatic heterocycles. The van der Waals surface area contributed by atoms with Crippen molar-refractivity contribution in [2.75, 3.05) is 19.6 Å². The summed E-state index contributed by atoms with van der Waals surface area (Å²) in [6, 6.07) is 10.2. The van der Waals surface area contributed by atoms with E-state index in [1.807, 2.05) is 23.1 Å². The molecule has 1 aliphatic rings. The van der Waals surface area contributed by atoms with Crippen molar-refractivity contribution in [1.82, 2.24) is 10.2 Å². The largest absolute Gasteiger partial charge is 0.340 e. The van der Waals surface area contributed by atoms with Crippen LogP contribution in [0.4, 0.5) is 0 Å². The molecule has 0 aliphatic carbocycles. The van der Waals surface area contributed by atoms with Crippen LogP contribution in [0.25, 0.3) is 0 Å². The molecule has 5 heteroatoms. The van der Waals surface area contributed by atoms with E-state index in [2.05, 4.69) is 17.4 Å². The molecule has 0 radical (unpaired) electrons. The highest BCUT2D eigenvalue weighted by molar-refractivity contribution is 8.14. The highest BCUT2D eigenvalue weighted by Crippen LogP contribution is 2.23. The molecule has 1 fully saturated rings. The summed E-state index contributed by atoms with van der Waals surface area (Å²) < 4.78 is 0. The van der Waals surface area contributed by atoms with Gasteiger partial charge in [0.25, 0.3) is 0 Å². The maximum Gasteiger partial charge on any atom is 0.223 e. The van der Waals surface area contributed by atoms with Crippen LogP contribution in [0, 0.1) is 0 Å². The smallest absolute Gasteiger partial charge is 0.223 e. The Morgan fingerprint density at radius 3 is 2.85 bits per heavy atom. The number of hydrogen-bond acceptors (Lipinski definition) is 4. The predicted octanol–water partition coefficient (Wildman–Crippen LogP) is 1.66. The third kappa shape index (κ3) is 4.65. The summed E-state index contributed by atoms with van der Waals surface area (Å²) in [4.78, 5) is 24.7. The summed E-state index contributed by atoms with van der Waals surface area (Å²) in [5, 5.41) is 3.56. The molecule has 1 amide bonds. The summed E-state index contributed by atoms with van der Waals surface area (Å²) in [6.45, 7) is 4.54. The number of benzene rings is 1. The van der Waals surface area contributed by atoms with Crippen molar-refractivity contribution in [1.29, 1.82) is 0 Å². The summed E-state index contributed by atoms with van der Waals surface area (Å²) in [5.41, 5.74) is 1.24. The summed E-state index contributed by atoms with van der Waals surface area (Å²) >= 11 is 1.28. The van der Waals surface area contributed by atoms with E-state index in [4.69, 9.17) is 0 Å². The van der Waals surface area contributed by atoms with Crippen LogP contribution in [0.15, 0.2) is 30.3 Å². The van der Waals surface area contributed by atoms with Crippen molar-refractivity contribution in [2.45, 2.75) is 25.1 Å². The quantitative estimate of drug-likeness (QED) is 0.810. The molecule has 0 aromatic heterocycles. The zero-order chi connectivity index (χ0) is 14.4. The standard InChI is InChI=1S/C15H20N2O2S/c1-12(18)20-14-9-15(19)17(11-14)8-7-16-10-13-5-3-2-4-6-13/h2-6,14,16H,7-11H2,1H3. The second kappa shape index (κ2) is 7.45. The monoisotopic (exact) mass is 292 g/mol. The lowest BCUT2D eigenvalue weighted by molar-refractivity contribution is -0.127. The van der Waals surface area contributed by atoms with E-state index in [1.165, 1.54) is 17.3 Å². The first-order valence-corrected chi connectivity index (χ1v) is 7.73. The summed E-state index contributed by atoms with van der Waals surface area (Å²) in [7, 11) is 0. The van der Waals surface area contributed by atoms with Gasteiger partial charge in [0.1, 0.15) is 0 Å². The van der Waals surface area contributed by atoms with E-state index in [-0.39, 0.29) is 16.3 Å². The van der Waals surface area contributed by atoms with Gasteiger partial charge in [0.05, 0.1) is 0 Å². The number of amides is 1. The zero-order valence-electron chi connectivity index (χ0n) is 11.7. The fourth-order valence-electron chi connectivity index (χ4n) is 2.31. The van der Waals surface area contributed by atoms with E-state index in [9.17, 15) is 9.59 Å². The molecule has 1 unspecified atom stereocenters. The van der Waals surface area contributed by atoms with Crippen molar-refractivity contribution in [3.63, 3.8) is 0 Å². The van der Waals surface area contributed by atoms with E-state index < -0.39 is 0 Å². The Hall–Kier alpha value is -1.33. The molecule has 1 atom stereocenters. The van der Waals surface area contributed by atoms with Crippen molar-refractivity contribution in [3.8, 4) is 0 Å². The first-order valence-electron chi connectivity index (χ1n) is 6.85. The molecule has 1 aromatic rings. The Bertz CT molecular complexity index is 464. The molecule has 1 saturated heterocycles. The Balaban J connectivity index is 1.67. The van der Waals surface area contributed by atoms with Crippen molar-refractivity contribution in [3.05, 3.63) is 35.9 Å². The maximum absolute atomic E-state index is 11.8. The van der Waals surface area contributed by atoms with Crippen LogP contribution in [0.1, 0.15) is 18.9 Å². The van der Waals surface area contributed by atoms with Crippen LogP contribution in [0.5, 0.6) is 0 Å². The summed E-state index contributed by atoms with van der Waals surface area (Å²) in [6.07, 6.45) is 0.489.